The van der Waals surface area contributed by atoms with Crippen molar-refractivity contribution in [1.29, 1.82) is 0 Å². The fourth-order valence-corrected chi connectivity index (χ4v) is 1.26. The van der Waals surface area contributed by atoms with Gasteiger partial charge in [-0.1, -0.05) is 25.5 Å². The standard InChI is InChI=1S/C12H18O2/c1-3-4-11-5-7-12(8-6-11)14-9-10(2)13/h5-8,10,13H,3-4,9H2,1-2H3. The molecule has 2 nitrogen and oxygen atoms in total. The molecule has 1 aromatic carbocycles. The molecule has 78 valence electrons. The molecular weight excluding hydrogens is 176 g/mol. The fraction of sp³-hybridized carbons (Fsp3) is 0.500. The van der Waals surface area contributed by atoms with Crippen molar-refractivity contribution in [2.45, 2.75) is 32.8 Å². The molecule has 0 saturated heterocycles. The van der Waals surface area contributed by atoms with Crippen molar-refractivity contribution in [2.24, 2.45) is 0 Å². The van der Waals surface area contributed by atoms with E-state index in [1.54, 1.807) is 6.92 Å². The molecule has 1 atom stereocenters. The van der Waals surface area contributed by atoms with E-state index < -0.39 is 6.10 Å². The summed E-state index contributed by atoms with van der Waals surface area (Å²) in [6.45, 7) is 4.23. The molecule has 0 saturated carbocycles. The van der Waals surface area contributed by atoms with E-state index >= 15 is 0 Å². The van der Waals surface area contributed by atoms with Gasteiger partial charge in [0.25, 0.3) is 0 Å². The van der Waals surface area contributed by atoms with Crippen LogP contribution in [0.4, 0.5) is 0 Å². The van der Waals surface area contributed by atoms with Gasteiger partial charge in [0.15, 0.2) is 0 Å². The number of hydrogen-bond donors (Lipinski definition) is 1. The normalized spacial score (nSPS) is 12.5. The quantitative estimate of drug-likeness (QED) is 0.780. The molecule has 14 heavy (non-hydrogen) atoms. The lowest BCUT2D eigenvalue weighted by atomic mass is 10.1. The lowest BCUT2D eigenvalue weighted by molar-refractivity contribution is 0.122. The monoisotopic (exact) mass is 194 g/mol. The minimum atomic E-state index is -0.412. The van der Waals surface area contributed by atoms with E-state index in [0.29, 0.717) is 6.61 Å². The van der Waals surface area contributed by atoms with E-state index in [0.717, 1.165) is 18.6 Å². The van der Waals surface area contributed by atoms with Crippen LogP contribution in [0.1, 0.15) is 25.8 Å². The summed E-state index contributed by atoms with van der Waals surface area (Å²) in [4.78, 5) is 0. The van der Waals surface area contributed by atoms with E-state index in [2.05, 4.69) is 19.1 Å². The minimum absolute atomic E-state index is 0.354. The molecule has 0 spiro atoms. The van der Waals surface area contributed by atoms with Gasteiger partial charge in [0, 0.05) is 0 Å². The Kier molecular flexibility index (Phi) is 4.47. The summed E-state index contributed by atoms with van der Waals surface area (Å²) >= 11 is 0. The summed E-state index contributed by atoms with van der Waals surface area (Å²) in [5, 5.41) is 9.03. The molecule has 1 rings (SSSR count). The second-order valence-corrected chi connectivity index (χ2v) is 3.55. The molecule has 1 unspecified atom stereocenters. The molecule has 0 heterocycles. The average Bonchev–Trinajstić information content (AvgIpc) is 2.17. The molecule has 1 N–H and O–H groups in total. The minimum Gasteiger partial charge on any atom is -0.491 e. The van der Waals surface area contributed by atoms with Crippen LogP contribution in [0.2, 0.25) is 0 Å². The Labute approximate surface area is 85.5 Å². The maximum atomic E-state index is 9.03. The van der Waals surface area contributed by atoms with Gasteiger partial charge in [-0.2, -0.15) is 0 Å². The Bertz CT molecular complexity index is 252. The lowest BCUT2D eigenvalue weighted by Gasteiger charge is -2.08. The molecule has 0 radical (unpaired) electrons. The smallest absolute Gasteiger partial charge is 0.119 e. The largest absolute Gasteiger partial charge is 0.491 e. The highest BCUT2D eigenvalue weighted by atomic mass is 16.5. The van der Waals surface area contributed by atoms with Crippen molar-refractivity contribution in [3.05, 3.63) is 29.8 Å². The van der Waals surface area contributed by atoms with Crippen molar-refractivity contribution < 1.29 is 9.84 Å². The van der Waals surface area contributed by atoms with E-state index in [4.69, 9.17) is 9.84 Å². The van der Waals surface area contributed by atoms with Gasteiger partial charge in [-0.05, 0) is 31.0 Å². The number of ether oxygens (including phenoxy) is 1. The maximum Gasteiger partial charge on any atom is 0.119 e. The van der Waals surface area contributed by atoms with Crippen LogP contribution in [0, 0.1) is 0 Å². The van der Waals surface area contributed by atoms with Gasteiger partial charge in [0.1, 0.15) is 12.4 Å². The Balaban J connectivity index is 2.46. The second kappa shape index (κ2) is 5.66. The molecule has 0 aliphatic heterocycles. The van der Waals surface area contributed by atoms with Gasteiger partial charge in [-0.15, -0.1) is 0 Å². The number of hydrogen-bond acceptors (Lipinski definition) is 2. The maximum absolute atomic E-state index is 9.03. The average molecular weight is 194 g/mol. The first kappa shape index (κ1) is 11.1. The molecule has 1 aromatic rings. The summed E-state index contributed by atoms with van der Waals surface area (Å²) in [5.74, 6) is 0.825. The predicted molar refractivity (Wildman–Crippen MR) is 57.6 cm³/mol. The van der Waals surface area contributed by atoms with Crippen molar-refractivity contribution in [1.82, 2.24) is 0 Å². The number of benzene rings is 1. The van der Waals surface area contributed by atoms with Crippen molar-refractivity contribution in [3.63, 3.8) is 0 Å². The van der Waals surface area contributed by atoms with Gasteiger partial charge >= 0.3 is 0 Å². The van der Waals surface area contributed by atoms with Crippen LogP contribution in [0.25, 0.3) is 0 Å². The van der Waals surface area contributed by atoms with Crippen molar-refractivity contribution >= 4 is 0 Å². The molecule has 0 aromatic heterocycles. The SMILES string of the molecule is CCCc1ccc(OCC(C)O)cc1. The first-order chi connectivity index (χ1) is 6.72. The zero-order chi connectivity index (χ0) is 10.4. The molecule has 0 aliphatic rings. The van der Waals surface area contributed by atoms with Gasteiger partial charge in [0.2, 0.25) is 0 Å². The van der Waals surface area contributed by atoms with Gasteiger partial charge < -0.3 is 9.84 Å². The summed E-state index contributed by atoms with van der Waals surface area (Å²) in [6, 6.07) is 8.04. The van der Waals surface area contributed by atoms with Gasteiger partial charge in [-0.3, -0.25) is 0 Å². The highest BCUT2D eigenvalue weighted by Gasteiger charge is 1.98. The van der Waals surface area contributed by atoms with Crippen LogP contribution in [0.5, 0.6) is 5.75 Å². The molecular formula is C12H18O2. The Morgan fingerprint density at radius 1 is 1.29 bits per heavy atom. The third-order valence-corrected chi connectivity index (χ3v) is 1.95. The molecule has 2 heteroatoms. The Morgan fingerprint density at radius 3 is 2.43 bits per heavy atom. The van der Waals surface area contributed by atoms with Gasteiger partial charge in [-0.25, -0.2) is 0 Å². The fourth-order valence-electron chi connectivity index (χ4n) is 1.26. The summed E-state index contributed by atoms with van der Waals surface area (Å²) < 4.78 is 5.35. The topological polar surface area (TPSA) is 29.5 Å². The highest BCUT2D eigenvalue weighted by molar-refractivity contribution is 5.27. The Morgan fingerprint density at radius 2 is 1.93 bits per heavy atom. The van der Waals surface area contributed by atoms with Crippen LogP contribution >= 0.6 is 0 Å². The zero-order valence-corrected chi connectivity index (χ0v) is 8.86. The predicted octanol–water partition coefficient (Wildman–Crippen LogP) is 2.40. The van der Waals surface area contributed by atoms with Crippen LogP contribution in [-0.2, 0) is 6.42 Å². The molecule has 0 amide bonds. The molecule has 0 aliphatic carbocycles. The van der Waals surface area contributed by atoms with Crippen LogP contribution in [-0.4, -0.2) is 17.8 Å². The highest BCUT2D eigenvalue weighted by Crippen LogP contribution is 2.13. The first-order valence-electron chi connectivity index (χ1n) is 5.12. The molecule has 0 fully saturated rings. The van der Waals surface area contributed by atoms with E-state index in [-0.39, 0.29) is 0 Å². The van der Waals surface area contributed by atoms with Crippen LogP contribution in [0.3, 0.4) is 0 Å². The van der Waals surface area contributed by atoms with Crippen LogP contribution < -0.4 is 4.74 Å². The summed E-state index contributed by atoms with van der Waals surface area (Å²) in [6.07, 6.45) is 1.86. The van der Waals surface area contributed by atoms with Crippen molar-refractivity contribution in [3.8, 4) is 5.75 Å². The zero-order valence-electron chi connectivity index (χ0n) is 8.86. The number of rotatable bonds is 5. The summed E-state index contributed by atoms with van der Waals surface area (Å²) in [5.41, 5.74) is 1.33. The number of aliphatic hydroxyl groups is 1. The van der Waals surface area contributed by atoms with E-state index in [1.165, 1.54) is 5.56 Å². The lowest BCUT2D eigenvalue weighted by Crippen LogP contribution is -2.12. The van der Waals surface area contributed by atoms with E-state index in [1.807, 2.05) is 12.1 Å². The number of aliphatic hydroxyl groups excluding tert-OH is 1. The van der Waals surface area contributed by atoms with Crippen LogP contribution in [0.15, 0.2) is 24.3 Å². The second-order valence-electron chi connectivity index (χ2n) is 3.55. The molecule has 0 bridgehead atoms. The van der Waals surface area contributed by atoms with E-state index in [9.17, 15) is 0 Å². The summed E-state index contributed by atoms with van der Waals surface area (Å²) in [7, 11) is 0. The van der Waals surface area contributed by atoms with Crippen molar-refractivity contribution in [2.75, 3.05) is 6.61 Å². The first-order valence-corrected chi connectivity index (χ1v) is 5.12. The van der Waals surface area contributed by atoms with Gasteiger partial charge in [0.05, 0.1) is 6.10 Å². The third kappa shape index (κ3) is 3.79. The Hall–Kier alpha value is -1.02. The third-order valence-electron chi connectivity index (χ3n) is 1.95. The number of aryl methyl sites for hydroxylation is 1.